The van der Waals surface area contributed by atoms with Crippen molar-refractivity contribution < 1.29 is 4.74 Å². The number of rotatable bonds is 7. The Bertz CT molecular complexity index is 472. The van der Waals surface area contributed by atoms with E-state index in [0.717, 1.165) is 18.4 Å². The second-order valence-corrected chi connectivity index (χ2v) is 4.87. The number of nitrogens with two attached hydrogens (primary N) is 1. The fraction of sp³-hybridized carbons (Fsp3) is 0.429. The van der Waals surface area contributed by atoms with Gasteiger partial charge in [-0.2, -0.15) is 5.10 Å². The summed E-state index contributed by atoms with van der Waals surface area (Å²) in [5, 5.41) is 11.3. The van der Waals surface area contributed by atoms with Crippen molar-refractivity contribution in [2.24, 2.45) is 16.8 Å². The van der Waals surface area contributed by atoms with Crippen LogP contribution in [0.5, 0.6) is 5.75 Å². The van der Waals surface area contributed by atoms with Crippen LogP contribution in [0, 0.1) is 11.3 Å². The molecular formula is C14H21ClN4O. The summed E-state index contributed by atoms with van der Waals surface area (Å²) in [6.07, 6.45) is 3.73. The van der Waals surface area contributed by atoms with Crippen LogP contribution in [0.15, 0.2) is 23.3 Å². The number of guanidine groups is 1. The molecule has 0 radical (unpaired) electrons. The van der Waals surface area contributed by atoms with Crippen molar-refractivity contribution >= 4 is 23.8 Å². The van der Waals surface area contributed by atoms with Gasteiger partial charge in [-0.05, 0) is 29.7 Å². The lowest BCUT2D eigenvalue weighted by atomic mass is 10.1. The molecule has 0 spiro atoms. The number of hydrogen-bond acceptors (Lipinski definition) is 3. The minimum atomic E-state index is -0.211. The topological polar surface area (TPSA) is 83.5 Å². The van der Waals surface area contributed by atoms with E-state index >= 15 is 0 Å². The third-order valence-corrected chi connectivity index (χ3v) is 3.28. The van der Waals surface area contributed by atoms with E-state index in [0.29, 0.717) is 23.3 Å². The van der Waals surface area contributed by atoms with Gasteiger partial charge < -0.3 is 10.5 Å². The maximum absolute atomic E-state index is 6.97. The average molecular weight is 297 g/mol. The molecule has 0 fully saturated rings. The van der Waals surface area contributed by atoms with Crippen LogP contribution in [0.1, 0.15) is 32.3 Å². The number of halogens is 1. The Kier molecular flexibility index (Phi) is 6.87. The summed E-state index contributed by atoms with van der Waals surface area (Å²) in [6.45, 7) is 4.98. The monoisotopic (exact) mass is 296 g/mol. The van der Waals surface area contributed by atoms with Crippen molar-refractivity contribution in [3.63, 3.8) is 0 Å². The molecule has 5 nitrogen and oxygen atoms in total. The SMILES string of the molecule is CCC(CC)COc1ccc(C=NNC(=N)N)cc1Cl. The summed E-state index contributed by atoms with van der Waals surface area (Å²) in [5.41, 5.74) is 8.26. The lowest BCUT2D eigenvalue weighted by molar-refractivity contribution is 0.241. The molecule has 0 saturated heterocycles. The first-order chi connectivity index (χ1) is 9.56. The van der Waals surface area contributed by atoms with Crippen LogP contribution >= 0.6 is 11.6 Å². The maximum Gasteiger partial charge on any atom is 0.206 e. The fourth-order valence-corrected chi connectivity index (χ4v) is 1.87. The first kappa shape index (κ1) is 16.3. The van der Waals surface area contributed by atoms with Crippen molar-refractivity contribution in [2.75, 3.05) is 6.61 Å². The molecule has 0 aliphatic carbocycles. The van der Waals surface area contributed by atoms with Crippen molar-refractivity contribution in [3.8, 4) is 5.75 Å². The predicted octanol–water partition coefficient (Wildman–Crippen LogP) is 2.97. The first-order valence-corrected chi connectivity index (χ1v) is 7.00. The zero-order chi connectivity index (χ0) is 15.0. The van der Waals surface area contributed by atoms with Gasteiger partial charge in [0.15, 0.2) is 0 Å². The molecule has 0 heterocycles. The lowest BCUT2D eigenvalue weighted by Gasteiger charge is -2.14. The van der Waals surface area contributed by atoms with Crippen LogP contribution < -0.4 is 15.9 Å². The third-order valence-electron chi connectivity index (χ3n) is 2.98. The largest absolute Gasteiger partial charge is 0.492 e. The van der Waals surface area contributed by atoms with Crippen LogP contribution in [0.4, 0.5) is 0 Å². The Hall–Kier alpha value is -1.75. The molecule has 0 saturated carbocycles. The molecule has 0 aliphatic heterocycles. The van der Waals surface area contributed by atoms with E-state index in [1.54, 1.807) is 6.07 Å². The lowest BCUT2D eigenvalue weighted by Crippen LogP contribution is -2.25. The summed E-state index contributed by atoms with van der Waals surface area (Å²) in [7, 11) is 0. The first-order valence-electron chi connectivity index (χ1n) is 6.62. The molecule has 0 bridgehead atoms. The number of hydrazone groups is 1. The van der Waals surface area contributed by atoms with E-state index in [9.17, 15) is 0 Å². The Balaban J connectivity index is 2.63. The van der Waals surface area contributed by atoms with Crippen molar-refractivity contribution in [2.45, 2.75) is 26.7 Å². The summed E-state index contributed by atoms with van der Waals surface area (Å²) < 4.78 is 5.73. The Morgan fingerprint density at radius 2 is 2.20 bits per heavy atom. The fourth-order valence-electron chi connectivity index (χ4n) is 1.62. The van der Waals surface area contributed by atoms with Crippen LogP contribution in [-0.4, -0.2) is 18.8 Å². The van der Waals surface area contributed by atoms with Gasteiger partial charge in [0.25, 0.3) is 0 Å². The smallest absolute Gasteiger partial charge is 0.206 e. The quantitative estimate of drug-likeness (QED) is 0.411. The number of nitrogens with zero attached hydrogens (tertiary/aromatic N) is 1. The molecule has 1 aromatic carbocycles. The number of hydrogen-bond donors (Lipinski definition) is 3. The van der Waals surface area contributed by atoms with Crippen LogP contribution in [-0.2, 0) is 0 Å². The summed E-state index contributed by atoms with van der Waals surface area (Å²) >= 11 is 6.17. The van der Waals surface area contributed by atoms with Gasteiger partial charge in [0, 0.05) is 0 Å². The van der Waals surface area contributed by atoms with Crippen LogP contribution in [0.2, 0.25) is 5.02 Å². The van der Waals surface area contributed by atoms with Gasteiger partial charge in [0.05, 0.1) is 17.8 Å². The second kappa shape index (κ2) is 8.43. The van der Waals surface area contributed by atoms with Crippen molar-refractivity contribution in [1.82, 2.24) is 5.43 Å². The molecule has 1 aromatic rings. The van der Waals surface area contributed by atoms with E-state index < -0.39 is 0 Å². The van der Waals surface area contributed by atoms with Crippen LogP contribution in [0.3, 0.4) is 0 Å². The Labute approximate surface area is 124 Å². The molecule has 20 heavy (non-hydrogen) atoms. The highest BCUT2D eigenvalue weighted by Crippen LogP contribution is 2.26. The number of benzene rings is 1. The van der Waals surface area contributed by atoms with Gasteiger partial charge in [-0.15, -0.1) is 0 Å². The number of ether oxygens (including phenoxy) is 1. The normalized spacial score (nSPS) is 11.0. The average Bonchev–Trinajstić information content (AvgIpc) is 2.41. The molecule has 4 N–H and O–H groups in total. The van der Waals surface area contributed by atoms with Gasteiger partial charge in [0.2, 0.25) is 5.96 Å². The molecule has 0 unspecified atom stereocenters. The standard InChI is InChI=1S/C14H21ClN4O/c1-3-10(4-2)9-20-13-6-5-11(7-12(13)15)8-18-19-14(16)17/h5-8,10H,3-4,9H2,1-2H3,(H4,16,17,19). The second-order valence-electron chi connectivity index (χ2n) is 4.47. The molecule has 110 valence electrons. The van der Waals surface area contributed by atoms with Crippen LogP contribution in [0.25, 0.3) is 0 Å². The van der Waals surface area contributed by atoms with E-state index in [1.165, 1.54) is 6.21 Å². The Morgan fingerprint density at radius 3 is 2.75 bits per heavy atom. The number of nitrogens with one attached hydrogen (secondary N) is 2. The van der Waals surface area contributed by atoms with Crippen molar-refractivity contribution in [3.05, 3.63) is 28.8 Å². The highest BCUT2D eigenvalue weighted by Gasteiger charge is 2.07. The molecule has 0 atom stereocenters. The minimum absolute atomic E-state index is 0.211. The van der Waals surface area contributed by atoms with Gasteiger partial charge in [-0.3, -0.25) is 5.41 Å². The highest BCUT2D eigenvalue weighted by atomic mass is 35.5. The Morgan fingerprint density at radius 1 is 1.50 bits per heavy atom. The maximum atomic E-state index is 6.97. The zero-order valence-corrected chi connectivity index (χ0v) is 12.6. The summed E-state index contributed by atoms with van der Waals surface area (Å²) in [4.78, 5) is 0. The minimum Gasteiger partial charge on any atom is -0.492 e. The van der Waals surface area contributed by atoms with Gasteiger partial charge in [-0.1, -0.05) is 38.3 Å². The third kappa shape index (κ3) is 5.48. The molecule has 6 heteroatoms. The molecule has 0 amide bonds. The zero-order valence-electron chi connectivity index (χ0n) is 11.8. The van der Waals surface area contributed by atoms with E-state index in [-0.39, 0.29) is 5.96 Å². The summed E-state index contributed by atoms with van der Waals surface area (Å²) in [5.74, 6) is 1.01. The van der Waals surface area contributed by atoms with E-state index in [2.05, 4.69) is 24.4 Å². The van der Waals surface area contributed by atoms with E-state index in [1.807, 2.05) is 12.1 Å². The molecule has 1 rings (SSSR count). The van der Waals surface area contributed by atoms with E-state index in [4.69, 9.17) is 27.5 Å². The molecule has 0 aliphatic rings. The van der Waals surface area contributed by atoms with Gasteiger partial charge in [0.1, 0.15) is 5.75 Å². The van der Waals surface area contributed by atoms with Crippen molar-refractivity contribution in [1.29, 1.82) is 5.41 Å². The highest BCUT2D eigenvalue weighted by molar-refractivity contribution is 6.32. The summed E-state index contributed by atoms with van der Waals surface area (Å²) in [6, 6.07) is 5.42. The molecular weight excluding hydrogens is 276 g/mol. The van der Waals surface area contributed by atoms with Gasteiger partial charge in [-0.25, -0.2) is 5.43 Å². The predicted molar refractivity (Wildman–Crippen MR) is 83.7 cm³/mol. The van der Waals surface area contributed by atoms with Gasteiger partial charge >= 0.3 is 0 Å². The molecule has 0 aromatic heterocycles.